The van der Waals surface area contributed by atoms with Crippen molar-refractivity contribution >= 4 is 0 Å². The number of hydrogen-bond donors (Lipinski definition) is 1. The zero-order valence-electron chi connectivity index (χ0n) is 10.4. The molecular weight excluding hydrogens is 198 g/mol. The van der Waals surface area contributed by atoms with Crippen LogP contribution in [0.5, 0.6) is 0 Å². The van der Waals surface area contributed by atoms with E-state index < -0.39 is 0 Å². The summed E-state index contributed by atoms with van der Waals surface area (Å²) < 4.78 is 5.38. The number of benzene rings is 1. The van der Waals surface area contributed by atoms with E-state index in [1.807, 2.05) is 13.0 Å². The predicted octanol–water partition coefficient (Wildman–Crippen LogP) is 2.84. The normalized spacial score (nSPS) is 12.6. The molecule has 90 valence electrons. The fraction of sp³-hybridized carbons (Fsp3) is 0.571. The lowest BCUT2D eigenvalue weighted by Gasteiger charge is -2.11. The lowest BCUT2D eigenvalue weighted by molar-refractivity contribution is 0.113. The van der Waals surface area contributed by atoms with E-state index in [1.165, 1.54) is 12.0 Å². The molecule has 1 unspecified atom stereocenters. The Labute approximate surface area is 99.0 Å². The fourth-order valence-electron chi connectivity index (χ4n) is 1.58. The molecule has 0 aromatic heterocycles. The highest BCUT2D eigenvalue weighted by atomic mass is 16.5. The highest BCUT2D eigenvalue weighted by Crippen LogP contribution is 2.02. The third kappa shape index (κ3) is 5.89. The van der Waals surface area contributed by atoms with Crippen molar-refractivity contribution in [1.82, 2.24) is 5.32 Å². The van der Waals surface area contributed by atoms with Gasteiger partial charge < -0.3 is 10.1 Å². The van der Waals surface area contributed by atoms with Crippen molar-refractivity contribution in [3.8, 4) is 0 Å². The van der Waals surface area contributed by atoms with E-state index in [1.54, 1.807) is 0 Å². The van der Waals surface area contributed by atoms with E-state index >= 15 is 0 Å². The zero-order valence-corrected chi connectivity index (χ0v) is 10.4. The molecule has 0 spiro atoms. The van der Waals surface area contributed by atoms with Gasteiger partial charge in [0.15, 0.2) is 0 Å². The minimum atomic E-state index is 0.642. The molecule has 0 radical (unpaired) electrons. The maximum absolute atomic E-state index is 5.38. The van der Waals surface area contributed by atoms with Crippen LogP contribution in [0.15, 0.2) is 30.3 Å². The molecule has 0 bridgehead atoms. The molecule has 0 aliphatic heterocycles. The van der Waals surface area contributed by atoms with Crippen molar-refractivity contribution in [3.63, 3.8) is 0 Å². The van der Waals surface area contributed by atoms with Gasteiger partial charge in [-0.05, 0) is 31.4 Å². The van der Waals surface area contributed by atoms with Crippen molar-refractivity contribution in [2.75, 3.05) is 19.8 Å². The molecule has 1 rings (SSSR count). The smallest absolute Gasteiger partial charge is 0.0491 e. The van der Waals surface area contributed by atoms with Gasteiger partial charge in [0.25, 0.3) is 0 Å². The number of ether oxygens (including phenoxy) is 1. The highest BCUT2D eigenvalue weighted by Gasteiger charge is 2.00. The molecule has 1 aromatic carbocycles. The van der Waals surface area contributed by atoms with E-state index in [9.17, 15) is 0 Å². The van der Waals surface area contributed by atoms with Crippen LogP contribution in [0.1, 0.15) is 25.8 Å². The van der Waals surface area contributed by atoms with E-state index in [4.69, 9.17) is 4.74 Å². The first-order valence-corrected chi connectivity index (χ1v) is 6.15. The fourth-order valence-corrected chi connectivity index (χ4v) is 1.58. The molecule has 1 atom stereocenters. The van der Waals surface area contributed by atoms with Gasteiger partial charge in [-0.25, -0.2) is 0 Å². The Balaban J connectivity index is 2.03. The molecule has 2 nitrogen and oxygen atoms in total. The predicted molar refractivity (Wildman–Crippen MR) is 68.4 cm³/mol. The minimum absolute atomic E-state index is 0.642. The van der Waals surface area contributed by atoms with Crippen LogP contribution < -0.4 is 5.32 Å². The number of nitrogens with one attached hydrogen (secondary N) is 1. The van der Waals surface area contributed by atoms with Crippen LogP contribution in [0.25, 0.3) is 0 Å². The zero-order chi connectivity index (χ0) is 11.6. The van der Waals surface area contributed by atoms with E-state index in [-0.39, 0.29) is 0 Å². The third-order valence-corrected chi connectivity index (χ3v) is 2.59. The quantitative estimate of drug-likeness (QED) is 0.682. The second-order valence-corrected chi connectivity index (χ2v) is 4.22. The standard InChI is InChI=1S/C14H23NO/c1-3-16-12-13(2)9-10-15-11-14-7-5-4-6-8-14/h4-8,13,15H,3,9-12H2,1-2H3. The second-order valence-electron chi connectivity index (χ2n) is 4.22. The summed E-state index contributed by atoms with van der Waals surface area (Å²) in [6, 6.07) is 10.5. The average molecular weight is 221 g/mol. The van der Waals surface area contributed by atoms with Crippen molar-refractivity contribution < 1.29 is 4.74 Å². The molecule has 1 N–H and O–H groups in total. The van der Waals surface area contributed by atoms with Gasteiger partial charge in [-0.1, -0.05) is 37.3 Å². The Bertz CT molecular complexity index is 261. The van der Waals surface area contributed by atoms with Crippen molar-refractivity contribution in [1.29, 1.82) is 0 Å². The van der Waals surface area contributed by atoms with E-state index in [0.29, 0.717) is 5.92 Å². The van der Waals surface area contributed by atoms with Crippen molar-refractivity contribution in [2.24, 2.45) is 5.92 Å². The Hall–Kier alpha value is -0.860. The van der Waals surface area contributed by atoms with Crippen LogP contribution in [0, 0.1) is 5.92 Å². The minimum Gasteiger partial charge on any atom is -0.381 e. The average Bonchev–Trinajstić information content (AvgIpc) is 2.33. The summed E-state index contributed by atoms with van der Waals surface area (Å²) in [5, 5.41) is 3.45. The van der Waals surface area contributed by atoms with Gasteiger partial charge in [0, 0.05) is 19.8 Å². The van der Waals surface area contributed by atoms with Gasteiger partial charge in [-0.2, -0.15) is 0 Å². The maximum Gasteiger partial charge on any atom is 0.0491 e. The molecule has 0 saturated heterocycles. The van der Waals surface area contributed by atoms with Crippen molar-refractivity contribution in [2.45, 2.75) is 26.8 Å². The Kier molecular flexibility index (Phi) is 6.86. The molecule has 16 heavy (non-hydrogen) atoms. The monoisotopic (exact) mass is 221 g/mol. The van der Waals surface area contributed by atoms with Crippen LogP contribution in [-0.4, -0.2) is 19.8 Å². The third-order valence-electron chi connectivity index (χ3n) is 2.59. The Morgan fingerprint density at radius 1 is 1.25 bits per heavy atom. The molecule has 0 heterocycles. The molecule has 1 aromatic rings. The molecule has 0 aliphatic rings. The molecule has 0 saturated carbocycles. The largest absolute Gasteiger partial charge is 0.381 e. The molecular formula is C14H23NO. The van der Waals surface area contributed by atoms with E-state index in [2.05, 4.69) is 36.5 Å². The summed E-state index contributed by atoms with van der Waals surface area (Å²) in [7, 11) is 0. The Morgan fingerprint density at radius 2 is 2.00 bits per heavy atom. The molecule has 2 heteroatoms. The van der Waals surface area contributed by atoms with Crippen LogP contribution in [0.4, 0.5) is 0 Å². The summed E-state index contributed by atoms with van der Waals surface area (Å²) in [4.78, 5) is 0. The van der Waals surface area contributed by atoms with Gasteiger partial charge in [-0.15, -0.1) is 0 Å². The first kappa shape index (κ1) is 13.2. The van der Waals surface area contributed by atoms with Crippen LogP contribution in [0.3, 0.4) is 0 Å². The molecule has 0 amide bonds. The second kappa shape index (κ2) is 8.31. The molecule has 0 aliphatic carbocycles. The highest BCUT2D eigenvalue weighted by molar-refractivity contribution is 5.14. The van der Waals surface area contributed by atoms with Gasteiger partial charge in [0.1, 0.15) is 0 Å². The molecule has 0 fully saturated rings. The summed E-state index contributed by atoms with van der Waals surface area (Å²) in [5.74, 6) is 0.642. The first-order chi connectivity index (χ1) is 7.83. The maximum atomic E-state index is 5.38. The SMILES string of the molecule is CCOCC(C)CCNCc1ccccc1. The lowest BCUT2D eigenvalue weighted by Crippen LogP contribution is -2.18. The topological polar surface area (TPSA) is 21.3 Å². The van der Waals surface area contributed by atoms with E-state index in [0.717, 1.165) is 26.3 Å². The summed E-state index contributed by atoms with van der Waals surface area (Å²) in [6.07, 6.45) is 1.17. The van der Waals surface area contributed by atoms with Crippen LogP contribution >= 0.6 is 0 Å². The first-order valence-electron chi connectivity index (χ1n) is 6.15. The summed E-state index contributed by atoms with van der Waals surface area (Å²) >= 11 is 0. The Morgan fingerprint density at radius 3 is 2.69 bits per heavy atom. The van der Waals surface area contributed by atoms with Gasteiger partial charge in [0.05, 0.1) is 0 Å². The number of rotatable bonds is 8. The summed E-state index contributed by atoms with van der Waals surface area (Å²) in [6.45, 7) is 8.00. The van der Waals surface area contributed by atoms with Gasteiger partial charge in [-0.3, -0.25) is 0 Å². The number of hydrogen-bond acceptors (Lipinski definition) is 2. The van der Waals surface area contributed by atoms with Gasteiger partial charge >= 0.3 is 0 Å². The lowest BCUT2D eigenvalue weighted by atomic mass is 10.1. The summed E-state index contributed by atoms with van der Waals surface area (Å²) in [5.41, 5.74) is 1.35. The van der Waals surface area contributed by atoms with Crippen molar-refractivity contribution in [3.05, 3.63) is 35.9 Å². The van der Waals surface area contributed by atoms with Crippen LogP contribution in [0.2, 0.25) is 0 Å². The van der Waals surface area contributed by atoms with Gasteiger partial charge in [0.2, 0.25) is 0 Å². The van der Waals surface area contributed by atoms with Crippen LogP contribution in [-0.2, 0) is 11.3 Å².